The zero-order valence-corrected chi connectivity index (χ0v) is 13.0. The summed E-state index contributed by atoms with van der Waals surface area (Å²) in [4.78, 5) is 12.4. The van der Waals surface area contributed by atoms with Gasteiger partial charge in [-0.2, -0.15) is 0 Å². The lowest BCUT2D eigenvalue weighted by Gasteiger charge is -2.36. The Morgan fingerprint density at radius 1 is 1.10 bits per heavy atom. The van der Waals surface area contributed by atoms with Gasteiger partial charge in [0.25, 0.3) is 0 Å². The van der Waals surface area contributed by atoms with Crippen molar-refractivity contribution in [3.05, 3.63) is 29.3 Å². The Balaban J connectivity index is 1.63. The van der Waals surface area contributed by atoms with Crippen molar-refractivity contribution in [3.63, 3.8) is 0 Å². The van der Waals surface area contributed by atoms with E-state index in [2.05, 4.69) is 28.8 Å². The first kappa shape index (κ1) is 14.6. The molecule has 0 radical (unpaired) electrons. The Morgan fingerprint density at radius 2 is 1.86 bits per heavy atom. The molecular formula is C18H26N2O. The summed E-state index contributed by atoms with van der Waals surface area (Å²) in [6, 6.07) is 6.38. The number of carbonyl (C=O) groups excluding carboxylic acids is 1. The van der Waals surface area contributed by atoms with Crippen LogP contribution < -0.4 is 10.6 Å². The molecule has 3 nitrogen and oxygen atoms in total. The van der Waals surface area contributed by atoms with Crippen LogP contribution in [-0.2, 0) is 17.6 Å². The zero-order valence-electron chi connectivity index (χ0n) is 13.0. The molecule has 1 fully saturated rings. The Morgan fingerprint density at radius 3 is 2.62 bits per heavy atom. The van der Waals surface area contributed by atoms with Gasteiger partial charge in [0.2, 0.25) is 5.91 Å². The van der Waals surface area contributed by atoms with Gasteiger partial charge >= 0.3 is 0 Å². The van der Waals surface area contributed by atoms with Gasteiger partial charge in [-0.05, 0) is 62.4 Å². The van der Waals surface area contributed by atoms with Gasteiger partial charge in [-0.3, -0.25) is 4.79 Å². The maximum Gasteiger partial charge on any atom is 0.226 e. The number of benzene rings is 1. The number of nitrogens with one attached hydrogen (secondary N) is 2. The Bertz CT molecular complexity index is 518. The van der Waals surface area contributed by atoms with E-state index in [4.69, 9.17) is 0 Å². The summed E-state index contributed by atoms with van der Waals surface area (Å²) >= 11 is 0. The second-order valence-corrected chi connectivity index (χ2v) is 6.65. The predicted molar refractivity (Wildman–Crippen MR) is 86.6 cm³/mol. The van der Waals surface area contributed by atoms with Crippen molar-refractivity contribution in [3.8, 4) is 0 Å². The summed E-state index contributed by atoms with van der Waals surface area (Å²) in [5.41, 5.74) is 3.84. The predicted octanol–water partition coefficient (Wildman–Crippen LogP) is 3.43. The van der Waals surface area contributed by atoms with Gasteiger partial charge in [0.1, 0.15) is 0 Å². The fraction of sp³-hybridized carbons (Fsp3) is 0.611. The molecule has 0 aliphatic heterocycles. The average molecular weight is 286 g/mol. The molecule has 0 atom stereocenters. The van der Waals surface area contributed by atoms with Gasteiger partial charge in [-0.1, -0.05) is 25.3 Å². The fourth-order valence-electron chi connectivity index (χ4n) is 3.91. The van der Waals surface area contributed by atoms with Gasteiger partial charge < -0.3 is 10.6 Å². The van der Waals surface area contributed by atoms with E-state index in [0.29, 0.717) is 6.42 Å². The molecule has 0 aromatic heterocycles. The van der Waals surface area contributed by atoms with Crippen molar-refractivity contribution in [1.82, 2.24) is 5.32 Å². The molecule has 114 valence electrons. The van der Waals surface area contributed by atoms with Crippen molar-refractivity contribution in [1.29, 1.82) is 0 Å². The van der Waals surface area contributed by atoms with Crippen molar-refractivity contribution in [2.45, 2.75) is 63.3 Å². The molecule has 0 bridgehead atoms. The highest BCUT2D eigenvalue weighted by Crippen LogP contribution is 2.31. The Labute approximate surface area is 127 Å². The molecule has 2 N–H and O–H groups in total. The molecule has 1 amide bonds. The second-order valence-electron chi connectivity index (χ2n) is 6.65. The molecule has 2 aliphatic carbocycles. The van der Waals surface area contributed by atoms with E-state index < -0.39 is 0 Å². The van der Waals surface area contributed by atoms with E-state index in [9.17, 15) is 4.79 Å². The van der Waals surface area contributed by atoms with Gasteiger partial charge in [-0.25, -0.2) is 0 Å². The van der Waals surface area contributed by atoms with Gasteiger partial charge in [0.15, 0.2) is 0 Å². The standard InChI is InChI=1S/C18H26N2O/c1-19-18(10-3-2-4-11-18)13-17(21)20-16-9-8-14-6-5-7-15(14)12-16/h8-9,12,19H,2-7,10-11,13H2,1H3,(H,20,21). The molecule has 3 heteroatoms. The lowest BCUT2D eigenvalue weighted by molar-refractivity contribution is -0.117. The first-order valence-electron chi connectivity index (χ1n) is 8.31. The van der Waals surface area contributed by atoms with Crippen molar-refractivity contribution < 1.29 is 4.79 Å². The number of anilines is 1. The third-order valence-electron chi connectivity index (χ3n) is 5.22. The first-order valence-corrected chi connectivity index (χ1v) is 8.31. The third kappa shape index (κ3) is 3.29. The SMILES string of the molecule is CNC1(CC(=O)Nc2ccc3c(c2)CCC3)CCCCC1. The van der Waals surface area contributed by atoms with Gasteiger partial charge in [0, 0.05) is 17.6 Å². The third-order valence-corrected chi connectivity index (χ3v) is 5.22. The van der Waals surface area contributed by atoms with Gasteiger partial charge in [-0.15, -0.1) is 0 Å². The normalized spacial score (nSPS) is 20.0. The molecule has 0 unspecified atom stereocenters. The van der Waals surface area contributed by atoms with E-state index >= 15 is 0 Å². The first-order chi connectivity index (χ1) is 10.2. The minimum absolute atomic E-state index is 0.0130. The minimum atomic E-state index is 0.0130. The number of amides is 1. The molecule has 0 spiro atoms. The van der Waals surface area contributed by atoms with E-state index in [1.807, 2.05) is 7.05 Å². The molecule has 1 saturated carbocycles. The van der Waals surface area contributed by atoms with Crippen LogP contribution in [-0.4, -0.2) is 18.5 Å². The summed E-state index contributed by atoms with van der Waals surface area (Å²) in [7, 11) is 1.99. The highest BCUT2D eigenvalue weighted by Gasteiger charge is 2.32. The zero-order chi connectivity index (χ0) is 14.7. The molecule has 1 aromatic rings. The number of hydrogen-bond acceptors (Lipinski definition) is 2. The molecule has 21 heavy (non-hydrogen) atoms. The van der Waals surface area contributed by atoms with E-state index in [1.54, 1.807) is 0 Å². The molecule has 1 aromatic carbocycles. The quantitative estimate of drug-likeness (QED) is 0.890. The van der Waals surface area contributed by atoms with Crippen LogP contribution >= 0.6 is 0 Å². The van der Waals surface area contributed by atoms with Crippen LogP contribution in [0.4, 0.5) is 5.69 Å². The highest BCUT2D eigenvalue weighted by molar-refractivity contribution is 5.91. The van der Waals surface area contributed by atoms with E-state index in [-0.39, 0.29) is 11.4 Å². The maximum absolute atomic E-state index is 12.4. The smallest absolute Gasteiger partial charge is 0.226 e. The monoisotopic (exact) mass is 286 g/mol. The van der Waals surface area contributed by atoms with E-state index in [1.165, 1.54) is 43.2 Å². The molecule has 0 heterocycles. The molecular weight excluding hydrogens is 260 g/mol. The Kier molecular flexibility index (Phi) is 4.29. The molecule has 2 aliphatic rings. The second kappa shape index (κ2) is 6.18. The summed E-state index contributed by atoms with van der Waals surface area (Å²) in [5, 5.41) is 6.51. The van der Waals surface area contributed by atoms with Crippen LogP contribution in [0.1, 0.15) is 56.1 Å². The summed E-state index contributed by atoms with van der Waals surface area (Å²) in [6.07, 6.45) is 10.2. The van der Waals surface area contributed by atoms with E-state index in [0.717, 1.165) is 24.9 Å². The number of hydrogen-bond donors (Lipinski definition) is 2. The van der Waals surface area contributed by atoms with Crippen LogP contribution in [0.15, 0.2) is 18.2 Å². The minimum Gasteiger partial charge on any atom is -0.326 e. The summed E-state index contributed by atoms with van der Waals surface area (Å²) in [6.45, 7) is 0. The van der Waals surface area contributed by atoms with Crippen LogP contribution in [0.25, 0.3) is 0 Å². The number of rotatable bonds is 4. The fourth-order valence-corrected chi connectivity index (χ4v) is 3.91. The highest BCUT2D eigenvalue weighted by atomic mass is 16.1. The number of carbonyl (C=O) groups is 1. The molecule has 0 saturated heterocycles. The Hall–Kier alpha value is -1.35. The largest absolute Gasteiger partial charge is 0.326 e. The average Bonchev–Trinajstić information content (AvgIpc) is 2.95. The summed E-state index contributed by atoms with van der Waals surface area (Å²) in [5.74, 6) is 0.143. The topological polar surface area (TPSA) is 41.1 Å². The van der Waals surface area contributed by atoms with Crippen molar-refractivity contribution in [2.75, 3.05) is 12.4 Å². The van der Waals surface area contributed by atoms with Crippen LogP contribution in [0.5, 0.6) is 0 Å². The van der Waals surface area contributed by atoms with Gasteiger partial charge in [0.05, 0.1) is 0 Å². The van der Waals surface area contributed by atoms with Crippen LogP contribution in [0.2, 0.25) is 0 Å². The lowest BCUT2D eigenvalue weighted by Crippen LogP contribution is -2.47. The maximum atomic E-state index is 12.4. The van der Waals surface area contributed by atoms with Crippen molar-refractivity contribution in [2.24, 2.45) is 0 Å². The molecule has 3 rings (SSSR count). The van der Waals surface area contributed by atoms with Crippen molar-refractivity contribution >= 4 is 11.6 Å². The summed E-state index contributed by atoms with van der Waals surface area (Å²) < 4.78 is 0. The number of fused-ring (bicyclic) bond motifs is 1. The van der Waals surface area contributed by atoms with Crippen LogP contribution in [0.3, 0.4) is 0 Å². The van der Waals surface area contributed by atoms with Crippen LogP contribution in [0, 0.1) is 0 Å². The number of aryl methyl sites for hydroxylation is 2. The lowest BCUT2D eigenvalue weighted by atomic mass is 9.79.